The van der Waals surface area contributed by atoms with Gasteiger partial charge in [-0.25, -0.2) is 4.98 Å². The molecule has 0 aliphatic carbocycles. The lowest BCUT2D eigenvalue weighted by Crippen LogP contribution is -2.37. The van der Waals surface area contributed by atoms with E-state index in [1.165, 1.54) is 19.3 Å². The summed E-state index contributed by atoms with van der Waals surface area (Å²) in [6, 6.07) is 1.92. The van der Waals surface area contributed by atoms with Gasteiger partial charge in [0.15, 0.2) is 0 Å². The number of fused-ring (bicyclic) bond motifs is 2. The van der Waals surface area contributed by atoms with Gasteiger partial charge in [-0.05, 0) is 26.3 Å². The van der Waals surface area contributed by atoms with Crippen LogP contribution in [0.25, 0.3) is 0 Å². The molecule has 2 atom stereocenters. The molecule has 116 valence electrons. The lowest BCUT2D eigenvalue weighted by Gasteiger charge is -2.26. The predicted molar refractivity (Wildman–Crippen MR) is 85.4 cm³/mol. The molecule has 5 heteroatoms. The Morgan fingerprint density at radius 3 is 2.71 bits per heavy atom. The average molecular weight is 289 g/mol. The van der Waals surface area contributed by atoms with Crippen molar-refractivity contribution in [1.82, 2.24) is 20.2 Å². The van der Waals surface area contributed by atoms with Gasteiger partial charge >= 0.3 is 0 Å². The van der Waals surface area contributed by atoms with Crippen molar-refractivity contribution in [3.05, 3.63) is 18.1 Å². The highest BCUT2D eigenvalue weighted by Gasteiger charge is 2.34. The minimum Gasteiger partial charge on any atom is -0.354 e. The zero-order valence-electron chi connectivity index (χ0n) is 13.4. The minimum absolute atomic E-state index is 0.475. The van der Waals surface area contributed by atoms with Crippen LogP contribution in [-0.2, 0) is 6.54 Å². The van der Waals surface area contributed by atoms with E-state index in [0.29, 0.717) is 12.1 Å². The van der Waals surface area contributed by atoms with Crippen molar-refractivity contribution in [3.63, 3.8) is 0 Å². The number of hydrogen-bond donors (Lipinski definition) is 1. The van der Waals surface area contributed by atoms with Crippen LogP contribution in [0.3, 0.4) is 0 Å². The van der Waals surface area contributed by atoms with Crippen LogP contribution in [0.1, 0.15) is 38.8 Å². The fourth-order valence-electron chi connectivity index (χ4n) is 3.43. The molecule has 2 bridgehead atoms. The van der Waals surface area contributed by atoms with E-state index < -0.39 is 0 Å². The summed E-state index contributed by atoms with van der Waals surface area (Å²) in [4.78, 5) is 14.2. The molecule has 0 spiro atoms. The van der Waals surface area contributed by atoms with Crippen molar-refractivity contribution in [2.75, 3.05) is 25.0 Å². The van der Waals surface area contributed by atoms with E-state index in [0.717, 1.165) is 37.2 Å². The molecule has 1 aromatic rings. The highest BCUT2D eigenvalue weighted by atomic mass is 15.3. The van der Waals surface area contributed by atoms with Crippen LogP contribution in [-0.4, -0.2) is 53.1 Å². The molecule has 2 fully saturated rings. The SMILES string of the molecule is CC(C)NCc1cnc(N2CCC3CCC(C2)N3C)cn1. The standard InChI is InChI=1S/C16H27N5/c1-12(2)17-8-13-9-19-16(10-18-13)21-7-6-14-4-5-15(11-21)20(14)3/h9-10,12,14-15,17H,4-8,11H2,1-3H3. The summed E-state index contributed by atoms with van der Waals surface area (Å²) in [6.45, 7) is 7.27. The van der Waals surface area contributed by atoms with Crippen molar-refractivity contribution in [2.45, 2.75) is 57.8 Å². The lowest BCUT2D eigenvalue weighted by atomic mass is 10.1. The van der Waals surface area contributed by atoms with Gasteiger partial charge in [-0.15, -0.1) is 0 Å². The van der Waals surface area contributed by atoms with Crippen molar-refractivity contribution in [1.29, 1.82) is 0 Å². The third-order valence-corrected chi connectivity index (χ3v) is 4.86. The number of nitrogens with one attached hydrogen (secondary N) is 1. The normalized spacial score (nSPS) is 26.4. The molecule has 3 heterocycles. The molecular formula is C16H27N5. The predicted octanol–water partition coefficient (Wildman–Crippen LogP) is 1.65. The Balaban J connectivity index is 1.64. The van der Waals surface area contributed by atoms with Gasteiger partial charge in [0.05, 0.1) is 18.1 Å². The first-order valence-electron chi connectivity index (χ1n) is 8.14. The second kappa shape index (κ2) is 6.28. The Kier molecular flexibility index (Phi) is 4.40. The molecule has 1 aromatic heterocycles. The van der Waals surface area contributed by atoms with Gasteiger partial charge in [0.1, 0.15) is 5.82 Å². The van der Waals surface area contributed by atoms with Crippen molar-refractivity contribution < 1.29 is 0 Å². The first-order valence-corrected chi connectivity index (χ1v) is 8.14. The highest BCUT2D eigenvalue weighted by molar-refractivity contribution is 5.37. The molecule has 1 N–H and O–H groups in total. The minimum atomic E-state index is 0.475. The Labute approximate surface area is 127 Å². The second-order valence-corrected chi connectivity index (χ2v) is 6.69. The maximum absolute atomic E-state index is 4.64. The van der Waals surface area contributed by atoms with E-state index in [1.54, 1.807) is 0 Å². The van der Waals surface area contributed by atoms with E-state index >= 15 is 0 Å². The van der Waals surface area contributed by atoms with Crippen LogP contribution >= 0.6 is 0 Å². The Bertz CT molecular complexity index is 458. The van der Waals surface area contributed by atoms with Gasteiger partial charge in [0.2, 0.25) is 0 Å². The Morgan fingerprint density at radius 2 is 2.00 bits per heavy atom. The third kappa shape index (κ3) is 3.35. The first-order chi connectivity index (χ1) is 10.1. The average Bonchev–Trinajstić information content (AvgIpc) is 2.71. The van der Waals surface area contributed by atoms with Crippen molar-refractivity contribution in [2.24, 2.45) is 0 Å². The smallest absolute Gasteiger partial charge is 0.147 e. The topological polar surface area (TPSA) is 44.3 Å². The van der Waals surface area contributed by atoms with Gasteiger partial charge in [-0.3, -0.25) is 9.88 Å². The molecular weight excluding hydrogens is 262 g/mol. The quantitative estimate of drug-likeness (QED) is 0.913. The van der Waals surface area contributed by atoms with E-state index in [4.69, 9.17) is 0 Å². The Hall–Kier alpha value is -1.20. The largest absolute Gasteiger partial charge is 0.354 e. The van der Waals surface area contributed by atoms with Gasteiger partial charge in [0, 0.05) is 37.8 Å². The van der Waals surface area contributed by atoms with E-state index in [2.05, 4.69) is 46.0 Å². The van der Waals surface area contributed by atoms with E-state index in [1.807, 2.05) is 12.4 Å². The monoisotopic (exact) mass is 289 g/mol. The number of rotatable bonds is 4. The summed E-state index contributed by atoms with van der Waals surface area (Å²) >= 11 is 0. The van der Waals surface area contributed by atoms with Gasteiger partial charge < -0.3 is 10.2 Å². The third-order valence-electron chi connectivity index (χ3n) is 4.86. The summed E-state index contributed by atoms with van der Waals surface area (Å²) in [7, 11) is 2.28. The summed E-state index contributed by atoms with van der Waals surface area (Å²) < 4.78 is 0. The molecule has 5 nitrogen and oxygen atoms in total. The first kappa shape index (κ1) is 14.7. The van der Waals surface area contributed by atoms with Gasteiger partial charge in [-0.1, -0.05) is 13.8 Å². The number of nitrogens with zero attached hydrogens (tertiary/aromatic N) is 4. The molecule has 0 saturated carbocycles. The summed E-state index contributed by atoms with van der Waals surface area (Å²) in [6.07, 6.45) is 7.78. The number of likely N-dealkylation sites (N-methyl/N-ethyl adjacent to an activating group) is 1. The molecule has 0 amide bonds. The summed E-state index contributed by atoms with van der Waals surface area (Å²) in [5, 5.41) is 3.38. The fourth-order valence-corrected chi connectivity index (χ4v) is 3.43. The van der Waals surface area contributed by atoms with Crippen LogP contribution in [0.2, 0.25) is 0 Å². The fraction of sp³-hybridized carbons (Fsp3) is 0.750. The zero-order valence-corrected chi connectivity index (χ0v) is 13.4. The van der Waals surface area contributed by atoms with Crippen LogP contribution in [0.4, 0.5) is 5.82 Å². The maximum Gasteiger partial charge on any atom is 0.147 e. The van der Waals surface area contributed by atoms with E-state index in [-0.39, 0.29) is 0 Å². The lowest BCUT2D eigenvalue weighted by molar-refractivity contribution is 0.254. The second-order valence-electron chi connectivity index (χ2n) is 6.69. The maximum atomic E-state index is 4.64. The molecule has 2 unspecified atom stereocenters. The van der Waals surface area contributed by atoms with Crippen LogP contribution in [0, 0.1) is 0 Å². The van der Waals surface area contributed by atoms with Crippen molar-refractivity contribution in [3.8, 4) is 0 Å². The number of aromatic nitrogens is 2. The summed E-state index contributed by atoms with van der Waals surface area (Å²) in [5.74, 6) is 1.03. The van der Waals surface area contributed by atoms with Gasteiger partial charge in [0.25, 0.3) is 0 Å². The van der Waals surface area contributed by atoms with E-state index in [9.17, 15) is 0 Å². The Morgan fingerprint density at radius 1 is 1.19 bits per heavy atom. The number of hydrogen-bond acceptors (Lipinski definition) is 5. The van der Waals surface area contributed by atoms with Crippen LogP contribution in [0.15, 0.2) is 12.4 Å². The number of anilines is 1. The van der Waals surface area contributed by atoms with Crippen LogP contribution < -0.4 is 10.2 Å². The molecule has 2 saturated heterocycles. The highest BCUT2D eigenvalue weighted by Crippen LogP contribution is 2.29. The summed E-state index contributed by atoms with van der Waals surface area (Å²) in [5.41, 5.74) is 1.01. The molecule has 3 rings (SSSR count). The zero-order chi connectivity index (χ0) is 14.8. The van der Waals surface area contributed by atoms with Crippen molar-refractivity contribution >= 4 is 5.82 Å². The van der Waals surface area contributed by atoms with Crippen LogP contribution in [0.5, 0.6) is 0 Å². The van der Waals surface area contributed by atoms with Gasteiger partial charge in [-0.2, -0.15) is 0 Å². The molecule has 0 radical (unpaired) electrons. The molecule has 2 aliphatic heterocycles. The molecule has 2 aliphatic rings. The molecule has 0 aromatic carbocycles. The molecule has 21 heavy (non-hydrogen) atoms.